The molecule has 0 saturated carbocycles. The molecule has 0 unspecified atom stereocenters. The number of benzene rings is 2. The lowest BCUT2D eigenvalue weighted by Gasteiger charge is -2.46. The minimum absolute atomic E-state index is 0.0305. The van der Waals surface area contributed by atoms with E-state index in [4.69, 9.17) is 13.6 Å². The largest absolute Gasteiger partial charge is 0.453 e. The molecule has 6 heteroatoms. The first kappa shape index (κ1) is 30.1. The molecule has 2 aromatic rings. The predicted octanol–water partition coefficient (Wildman–Crippen LogP) is 5.91. The lowest BCUT2D eigenvalue weighted by Crippen LogP contribution is -2.68. The van der Waals surface area contributed by atoms with Crippen LogP contribution in [0.5, 0.6) is 0 Å². The van der Waals surface area contributed by atoms with Crippen LogP contribution < -0.4 is 10.4 Å². The first-order valence-electron chi connectivity index (χ1n) is 12.7. The Kier molecular flexibility index (Phi) is 9.94. The third-order valence-corrected chi connectivity index (χ3v) is 16.6. The summed E-state index contributed by atoms with van der Waals surface area (Å²) < 4.78 is 19.2. The lowest BCUT2D eigenvalue weighted by atomic mass is 10.2. The maximum Gasteiger partial charge on any atom is 0.303 e. The predicted molar refractivity (Wildman–Crippen MR) is 155 cm³/mol. The lowest BCUT2D eigenvalue weighted by molar-refractivity contribution is -0.139. The summed E-state index contributed by atoms with van der Waals surface area (Å²) in [7, 11) is -4.95. The minimum Gasteiger partial charge on any atom is -0.453 e. The molecule has 0 aliphatic rings. The summed E-state index contributed by atoms with van der Waals surface area (Å²) >= 11 is 0. The molecular formula is C30H44O4Si2. The topological polar surface area (TPSA) is 44.8 Å². The maximum atomic E-state index is 11.3. The van der Waals surface area contributed by atoms with Crippen molar-refractivity contribution in [3.05, 3.63) is 60.7 Å². The van der Waals surface area contributed by atoms with Gasteiger partial charge in [-0.2, -0.15) is 0 Å². The highest BCUT2D eigenvalue weighted by Gasteiger charge is 2.52. The van der Waals surface area contributed by atoms with Gasteiger partial charge in [0, 0.05) is 6.92 Å². The number of esters is 1. The van der Waals surface area contributed by atoms with Gasteiger partial charge in [-0.3, -0.25) is 4.79 Å². The molecule has 4 nitrogen and oxygen atoms in total. The van der Waals surface area contributed by atoms with Crippen LogP contribution >= 0.6 is 0 Å². The van der Waals surface area contributed by atoms with E-state index in [0.717, 1.165) is 0 Å². The molecule has 0 aromatic heterocycles. The Hall–Kier alpha value is -2.18. The van der Waals surface area contributed by atoms with Gasteiger partial charge in [-0.1, -0.05) is 114 Å². The van der Waals surface area contributed by atoms with Gasteiger partial charge in [-0.25, -0.2) is 0 Å². The number of hydrogen-bond acceptors (Lipinski definition) is 4. The fourth-order valence-corrected chi connectivity index (χ4v) is 10.2. The molecule has 0 spiro atoms. The van der Waals surface area contributed by atoms with E-state index >= 15 is 0 Å². The van der Waals surface area contributed by atoms with Crippen molar-refractivity contribution < 1.29 is 18.4 Å². The van der Waals surface area contributed by atoms with Gasteiger partial charge in [0.15, 0.2) is 14.9 Å². The standard InChI is InChI=1S/C30H44O4Si2/c1-24(33-35(9,10)29(3,4)5)28(22-17-23-32-25(2)31)34-36(30(6,7)8,26-18-13-11-14-19-26)27-20-15-12-16-21-27/h11-16,18-21,24,28H,23H2,1-10H3/t24-,28-/m0/s1. The summed E-state index contributed by atoms with van der Waals surface area (Å²) in [5.41, 5.74) is 0. The molecule has 2 aromatic carbocycles. The van der Waals surface area contributed by atoms with Crippen molar-refractivity contribution in [3.8, 4) is 11.8 Å². The van der Waals surface area contributed by atoms with Gasteiger partial charge in [-0.15, -0.1) is 0 Å². The Bertz CT molecular complexity index is 1000. The molecular weight excluding hydrogens is 480 g/mol. The summed E-state index contributed by atoms with van der Waals surface area (Å²) in [4.78, 5) is 11.3. The summed E-state index contributed by atoms with van der Waals surface area (Å²) in [6.07, 6.45) is -0.765. The normalized spacial score (nSPS) is 14.4. The molecule has 0 radical (unpaired) electrons. The van der Waals surface area contributed by atoms with E-state index in [1.165, 1.54) is 17.3 Å². The first-order chi connectivity index (χ1) is 16.6. The first-order valence-corrected chi connectivity index (χ1v) is 17.5. The Morgan fingerprint density at radius 3 is 1.69 bits per heavy atom. The van der Waals surface area contributed by atoms with E-state index in [1.54, 1.807) is 0 Å². The van der Waals surface area contributed by atoms with E-state index in [1.807, 2.05) is 12.1 Å². The van der Waals surface area contributed by atoms with Crippen LogP contribution in [0.3, 0.4) is 0 Å². The van der Waals surface area contributed by atoms with Gasteiger partial charge in [0.25, 0.3) is 8.32 Å². The fraction of sp³-hybridized carbons (Fsp3) is 0.500. The number of ether oxygens (including phenoxy) is 1. The van der Waals surface area contributed by atoms with Crippen molar-refractivity contribution in [1.82, 2.24) is 0 Å². The van der Waals surface area contributed by atoms with Gasteiger partial charge in [-0.05, 0) is 40.5 Å². The van der Waals surface area contributed by atoms with Crippen LogP contribution in [-0.2, 0) is 18.4 Å². The van der Waals surface area contributed by atoms with E-state index in [0.29, 0.717) is 0 Å². The molecule has 0 amide bonds. The number of carbonyl (C=O) groups is 1. The van der Waals surface area contributed by atoms with Crippen molar-refractivity contribution in [2.45, 2.75) is 90.8 Å². The number of rotatable bonds is 8. The van der Waals surface area contributed by atoms with E-state index in [2.05, 4.69) is 122 Å². The average Bonchev–Trinajstić information content (AvgIpc) is 2.77. The molecule has 0 N–H and O–H groups in total. The maximum absolute atomic E-state index is 11.3. The third kappa shape index (κ3) is 7.20. The monoisotopic (exact) mass is 524 g/mol. The van der Waals surface area contributed by atoms with Crippen molar-refractivity contribution in [3.63, 3.8) is 0 Å². The number of hydrogen-bond donors (Lipinski definition) is 0. The smallest absolute Gasteiger partial charge is 0.303 e. The van der Waals surface area contributed by atoms with Crippen LogP contribution in [0, 0.1) is 11.8 Å². The highest BCUT2D eigenvalue weighted by Crippen LogP contribution is 2.40. The zero-order valence-electron chi connectivity index (χ0n) is 23.8. The molecule has 0 aliphatic heterocycles. The zero-order chi connectivity index (χ0) is 27.2. The molecule has 2 rings (SSSR count). The summed E-state index contributed by atoms with van der Waals surface area (Å²) in [5.74, 6) is 5.99. The Balaban J connectivity index is 2.67. The second-order valence-electron chi connectivity index (χ2n) is 11.9. The Morgan fingerprint density at radius 2 is 1.31 bits per heavy atom. The SMILES string of the molecule is CC(=O)OCC#C[C@H](O[Si](c1ccccc1)(c1ccccc1)C(C)(C)C)[C@H](C)O[Si](C)(C)C(C)(C)C. The average molecular weight is 525 g/mol. The Labute approximate surface area is 221 Å². The van der Waals surface area contributed by atoms with E-state index in [9.17, 15) is 4.79 Å². The minimum atomic E-state index is -2.85. The van der Waals surface area contributed by atoms with Crippen molar-refractivity contribution in [2.24, 2.45) is 0 Å². The molecule has 0 bridgehead atoms. The van der Waals surface area contributed by atoms with Crippen molar-refractivity contribution in [2.75, 3.05) is 6.61 Å². The van der Waals surface area contributed by atoms with E-state index < -0.39 is 22.7 Å². The second-order valence-corrected chi connectivity index (χ2v) is 20.9. The van der Waals surface area contributed by atoms with Gasteiger partial charge < -0.3 is 13.6 Å². The second kappa shape index (κ2) is 11.9. The molecule has 2 atom stereocenters. The summed E-state index contributed by atoms with van der Waals surface area (Å²) in [5, 5.41) is 2.24. The van der Waals surface area contributed by atoms with Gasteiger partial charge in [0.1, 0.15) is 6.10 Å². The molecule has 0 fully saturated rings. The summed E-state index contributed by atoms with van der Waals surface area (Å²) in [6.45, 7) is 21.4. The molecule has 0 saturated heterocycles. The quantitative estimate of drug-likeness (QED) is 0.245. The van der Waals surface area contributed by atoms with Gasteiger partial charge in [0.05, 0.1) is 6.10 Å². The highest BCUT2D eigenvalue weighted by molar-refractivity contribution is 6.99. The third-order valence-electron chi connectivity index (χ3n) is 7.03. The zero-order valence-corrected chi connectivity index (χ0v) is 25.8. The van der Waals surface area contributed by atoms with Crippen molar-refractivity contribution >= 4 is 33.0 Å². The van der Waals surface area contributed by atoms with Crippen molar-refractivity contribution in [1.29, 1.82) is 0 Å². The van der Waals surface area contributed by atoms with Crippen LogP contribution in [0.15, 0.2) is 60.7 Å². The van der Waals surface area contributed by atoms with Crippen LogP contribution in [0.2, 0.25) is 23.2 Å². The Morgan fingerprint density at radius 1 is 0.833 bits per heavy atom. The summed E-state index contributed by atoms with van der Waals surface area (Å²) in [6, 6.07) is 21.1. The van der Waals surface area contributed by atoms with E-state index in [-0.39, 0.29) is 28.8 Å². The fourth-order valence-electron chi connectivity index (χ4n) is 4.11. The van der Waals surface area contributed by atoms with Crippen LogP contribution in [0.1, 0.15) is 55.4 Å². The van der Waals surface area contributed by atoms with Crippen LogP contribution in [-0.4, -0.2) is 41.4 Å². The van der Waals surface area contributed by atoms with Crippen LogP contribution in [0.25, 0.3) is 0 Å². The highest BCUT2D eigenvalue weighted by atomic mass is 28.4. The molecule has 0 heterocycles. The number of carbonyl (C=O) groups excluding carboxylic acids is 1. The van der Waals surface area contributed by atoms with Gasteiger partial charge >= 0.3 is 5.97 Å². The molecule has 0 aliphatic carbocycles. The van der Waals surface area contributed by atoms with Crippen LogP contribution in [0.4, 0.5) is 0 Å². The molecule has 196 valence electrons. The van der Waals surface area contributed by atoms with Gasteiger partial charge in [0.2, 0.25) is 0 Å². The molecule has 36 heavy (non-hydrogen) atoms.